The van der Waals surface area contributed by atoms with E-state index in [-0.39, 0.29) is 0 Å². The number of rotatable bonds is 8. The molecule has 0 unspecified atom stereocenters. The van der Waals surface area contributed by atoms with Crippen molar-refractivity contribution >= 4 is 10.2 Å². The highest BCUT2D eigenvalue weighted by molar-refractivity contribution is 7.86. The van der Waals surface area contributed by atoms with E-state index in [0.717, 1.165) is 19.3 Å². The molecule has 0 heterocycles. The Morgan fingerprint density at radius 3 is 1.82 bits per heavy atom. The van der Waals surface area contributed by atoms with E-state index in [9.17, 15) is 8.42 Å². The van der Waals surface area contributed by atoms with Crippen LogP contribution in [0.3, 0.4) is 0 Å². The molecule has 0 saturated carbocycles. The lowest BCUT2D eigenvalue weighted by Gasteiger charge is -2.42. The minimum Gasteiger partial charge on any atom is -0.329 e. The summed E-state index contributed by atoms with van der Waals surface area (Å²) < 4.78 is 27.5. The lowest BCUT2D eigenvalue weighted by molar-refractivity contribution is 0.169. The van der Waals surface area contributed by atoms with Crippen molar-refractivity contribution in [2.45, 2.75) is 45.6 Å². The zero-order valence-corrected chi connectivity index (χ0v) is 12.5. The van der Waals surface area contributed by atoms with Crippen LogP contribution in [-0.2, 0) is 10.2 Å². The van der Waals surface area contributed by atoms with Crippen molar-refractivity contribution in [1.29, 1.82) is 0 Å². The molecule has 0 aromatic rings. The van der Waals surface area contributed by atoms with Crippen molar-refractivity contribution in [2.24, 2.45) is 5.73 Å². The molecule has 0 aliphatic heterocycles. The summed E-state index contributed by atoms with van der Waals surface area (Å²) in [7, 11) is -0.288. The van der Waals surface area contributed by atoms with Crippen LogP contribution < -0.4 is 5.73 Å². The molecule has 104 valence electrons. The maximum atomic E-state index is 12.3. The fraction of sp³-hybridized carbons (Fsp3) is 1.00. The summed E-state index contributed by atoms with van der Waals surface area (Å²) in [5.74, 6) is 0. The Kier molecular flexibility index (Phi) is 6.61. The van der Waals surface area contributed by atoms with Gasteiger partial charge in [-0.05, 0) is 19.3 Å². The molecule has 0 amide bonds. The first-order chi connectivity index (χ1) is 7.82. The van der Waals surface area contributed by atoms with E-state index in [0.29, 0.717) is 13.1 Å². The maximum absolute atomic E-state index is 12.3. The molecule has 0 aliphatic carbocycles. The molecule has 0 fully saturated rings. The SMILES string of the molecule is CCCN(C(CC)(CC)CN)S(=O)(=O)N(C)C. The van der Waals surface area contributed by atoms with E-state index < -0.39 is 15.7 Å². The Balaban J connectivity index is 5.49. The third kappa shape index (κ3) is 3.40. The lowest BCUT2D eigenvalue weighted by atomic mass is 9.93. The van der Waals surface area contributed by atoms with Crippen LogP contribution in [0.2, 0.25) is 0 Å². The number of nitrogens with zero attached hydrogens (tertiary/aromatic N) is 2. The van der Waals surface area contributed by atoms with Gasteiger partial charge in [0.15, 0.2) is 0 Å². The van der Waals surface area contributed by atoms with Crippen LogP contribution in [0.4, 0.5) is 0 Å². The minimum absolute atomic E-state index is 0.354. The first-order valence-corrected chi connectivity index (χ1v) is 7.62. The van der Waals surface area contributed by atoms with Crippen LogP contribution in [-0.4, -0.2) is 49.8 Å². The molecule has 0 aromatic carbocycles. The Bertz CT molecular complexity index is 302. The van der Waals surface area contributed by atoms with Gasteiger partial charge in [-0.2, -0.15) is 17.0 Å². The first-order valence-electron chi connectivity index (χ1n) is 6.22. The fourth-order valence-corrected chi connectivity index (χ4v) is 3.62. The molecule has 2 N–H and O–H groups in total. The zero-order chi connectivity index (χ0) is 13.7. The second kappa shape index (κ2) is 6.68. The summed E-state index contributed by atoms with van der Waals surface area (Å²) in [6, 6.07) is 0. The maximum Gasteiger partial charge on any atom is 0.282 e. The van der Waals surface area contributed by atoms with Gasteiger partial charge < -0.3 is 5.73 Å². The summed E-state index contributed by atoms with van der Waals surface area (Å²) in [5, 5.41) is 0. The fourth-order valence-electron chi connectivity index (χ4n) is 1.99. The molecule has 0 spiro atoms. The second-order valence-corrected chi connectivity index (χ2v) is 6.56. The van der Waals surface area contributed by atoms with Gasteiger partial charge in [0.25, 0.3) is 10.2 Å². The first kappa shape index (κ1) is 16.8. The summed E-state index contributed by atoms with van der Waals surface area (Å²) in [5.41, 5.74) is 5.37. The molecular formula is C11H27N3O2S. The molecule has 0 rings (SSSR count). The molecule has 6 heteroatoms. The number of hydrogen-bond acceptors (Lipinski definition) is 3. The molecule has 0 radical (unpaired) electrons. The highest BCUT2D eigenvalue weighted by Crippen LogP contribution is 2.27. The van der Waals surface area contributed by atoms with Crippen LogP contribution in [0.15, 0.2) is 0 Å². The normalized spacial score (nSPS) is 13.6. The van der Waals surface area contributed by atoms with Crippen molar-refractivity contribution in [2.75, 3.05) is 27.2 Å². The number of hydrogen-bond donors (Lipinski definition) is 1. The Morgan fingerprint density at radius 2 is 1.59 bits per heavy atom. The predicted molar refractivity (Wildman–Crippen MR) is 72.0 cm³/mol. The van der Waals surface area contributed by atoms with Gasteiger partial charge >= 0.3 is 0 Å². The average molecular weight is 265 g/mol. The minimum atomic E-state index is -3.41. The van der Waals surface area contributed by atoms with Crippen LogP contribution in [0.25, 0.3) is 0 Å². The molecule has 0 aliphatic rings. The summed E-state index contributed by atoms with van der Waals surface area (Å²) in [4.78, 5) is 0. The van der Waals surface area contributed by atoms with Crippen molar-refractivity contribution in [1.82, 2.24) is 8.61 Å². The van der Waals surface area contributed by atoms with Gasteiger partial charge in [0.2, 0.25) is 0 Å². The highest BCUT2D eigenvalue weighted by Gasteiger charge is 2.40. The van der Waals surface area contributed by atoms with Gasteiger partial charge in [0.05, 0.1) is 0 Å². The second-order valence-electron chi connectivity index (χ2n) is 4.50. The highest BCUT2D eigenvalue weighted by atomic mass is 32.2. The van der Waals surface area contributed by atoms with Crippen molar-refractivity contribution in [3.63, 3.8) is 0 Å². The summed E-state index contributed by atoms with van der Waals surface area (Å²) in [6.45, 7) is 6.83. The van der Waals surface area contributed by atoms with Gasteiger partial charge in [0, 0.05) is 32.7 Å². The molecular weight excluding hydrogens is 238 g/mol. The van der Waals surface area contributed by atoms with E-state index in [1.807, 2.05) is 20.8 Å². The van der Waals surface area contributed by atoms with E-state index >= 15 is 0 Å². The van der Waals surface area contributed by atoms with Crippen LogP contribution >= 0.6 is 0 Å². The van der Waals surface area contributed by atoms with Gasteiger partial charge in [-0.3, -0.25) is 0 Å². The molecule has 17 heavy (non-hydrogen) atoms. The predicted octanol–water partition coefficient (Wildman–Crippen LogP) is 1.02. The molecule has 0 aromatic heterocycles. The lowest BCUT2D eigenvalue weighted by Crippen LogP contribution is -2.58. The molecule has 0 bridgehead atoms. The van der Waals surface area contributed by atoms with Gasteiger partial charge in [0.1, 0.15) is 0 Å². The largest absolute Gasteiger partial charge is 0.329 e. The van der Waals surface area contributed by atoms with Crippen LogP contribution in [0.1, 0.15) is 40.0 Å². The Morgan fingerprint density at radius 1 is 1.12 bits per heavy atom. The number of nitrogens with two attached hydrogens (primary N) is 1. The third-order valence-corrected chi connectivity index (χ3v) is 5.44. The molecule has 0 atom stereocenters. The van der Waals surface area contributed by atoms with Crippen LogP contribution in [0.5, 0.6) is 0 Å². The van der Waals surface area contributed by atoms with Crippen molar-refractivity contribution < 1.29 is 8.42 Å². The Hall–Kier alpha value is -0.170. The van der Waals surface area contributed by atoms with E-state index in [2.05, 4.69) is 0 Å². The van der Waals surface area contributed by atoms with Crippen LogP contribution in [0, 0.1) is 0 Å². The smallest absolute Gasteiger partial charge is 0.282 e. The third-order valence-electron chi connectivity index (χ3n) is 3.39. The van der Waals surface area contributed by atoms with Gasteiger partial charge in [-0.1, -0.05) is 20.8 Å². The van der Waals surface area contributed by atoms with Gasteiger partial charge in [-0.25, -0.2) is 0 Å². The standard InChI is InChI=1S/C11H27N3O2S/c1-6-9-14(17(15,16)13(4)5)11(7-2,8-3)10-12/h6-10,12H2,1-5H3. The van der Waals surface area contributed by atoms with E-state index in [1.165, 1.54) is 4.31 Å². The zero-order valence-electron chi connectivity index (χ0n) is 11.7. The summed E-state index contributed by atoms with van der Waals surface area (Å²) in [6.07, 6.45) is 2.24. The Labute approximate surface area is 106 Å². The quantitative estimate of drug-likeness (QED) is 0.712. The average Bonchev–Trinajstić information content (AvgIpc) is 2.30. The topological polar surface area (TPSA) is 66.6 Å². The van der Waals surface area contributed by atoms with E-state index in [1.54, 1.807) is 18.4 Å². The van der Waals surface area contributed by atoms with E-state index in [4.69, 9.17) is 5.73 Å². The molecule has 0 saturated heterocycles. The monoisotopic (exact) mass is 265 g/mol. The molecule has 5 nitrogen and oxygen atoms in total. The van der Waals surface area contributed by atoms with Gasteiger partial charge in [-0.15, -0.1) is 0 Å². The van der Waals surface area contributed by atoms with Crippen molar-refractivity contribution in [3.8, 4) is 0 Å². The summed E-state index contributed by atoms with van der Waals surface area (Å²) >= 11 is 0. The van der Waals surface area contributed by atoms with Crippen molar-refractivity contribution in [3.05, 3.63) is 0 Å².